The molecule has 0 aliphatic heterocycles. The van der Waals surface area contributed by atoms with Crippen LogP contribution in [0, 0.1) is 5.82 Å². The van der Waals surface area contributed by atoms with Crippen LogP contribution in [0.15, 0.2) is 41.6 Å². The van der Waals surface area contributed by atoms with Crippen molar-refractivity contribution in [2.75, 3.05) is 0 Å². The molecular formula is C16H16FN5O2. The Morgan fingerprint density at radius 3 is 2.62 bits per heavy atom. The van der Waals surface area contributed by atoms with Gasteiger partial charge in [0.2, 0.25) is 0 Å². The van der Waals surface area contributed by atoms with E-state index in [1.165, 1.54) is 29.3 Å². The molecule has 124 valence electrons. The van der Waals surface area contributed by atoms with Crippen molar-refractivity contribution in [1.82, 2.24) is 24.7 Å². The zero-order valence-electron chi connectivity index (χ0n) is 13.2. The maximum atomic E-state index is 13.1. The molecule has 0 amide bonds. The van der Waals surface area contributed by atoms with Crippen molar-refractivity contribution in [3.63, 3.8) is 0 Å². The van der Waals surface area contributed by atoms with E-state index >= 15 is 0 Å². The molecule has 8 heteroatoms. The molecule has 2 aromatic heterocycles. The number of halogens is 1. The van der Waals surface area contributed by atoms with Gasteiger partial charge in [-0.1, -0.05) is 0 Å². The molecule has 24 heavy (non-hydrogen) atoms. The van der Waals surface area contributed by atoms with Gasteiger partial charge in [0.05, 0.1) is 18.5 Å². The van der Waals surface area contributed by atoms with Crippen LogP contribution in [0.3, 0.4) is 0 Å². The molecule has 2 N–H and O–H groups in total. The second-order valence-electron chi connectivity index (χ2n) is 6.03. The van der Waals surface area contributed by atoms with E-state index < -0.39 is 5.60 Å². The van der Waals surface area contributed by atoms with Crippen molar-refractivity contribution < 1.29 is 9.50 Å². The predicted molar refractivity (Wildman–Crippen MR) is 85.6 cm³/mol. The number of H-pyrrole nitrogens is 1. The summed E-state index contributed by atoms with van der Waals surface area (Å²) in [4.78, 5) is 22.8. The first-order valence-electron chi connectivity index (χ1n) is 7.30. The minimum Gasteiger partial charge on any atom is -0.389 e. The van der Waals surface area contributed by atoms with E-state index in [1.807, 2.05) is 0 Å². The molecule has 0 fully saturated rings. The van der Waals surface area contributed by atoms with Gasteiger partial charge >= 0.3 is 0 Å². The smallest absolute Gasteiger partial charge is 0.261 e. The van der Waals surface area contributed by atoms with Crippen molar-refractivity contribution in [2.24, 2.45) is 0 Å². The van der Waals surface area contributed by atoms with Gasteiger partial charge in [-0.2, -0.15) is 5.10 Å². The van der Waals surface area contributed by atoms with Crippen molar-refractivity contribution in [3.05, 3.63) is 53.0 Å². The summed E-state index contributed by atoms with van der Waals surface area (Å²) < 4.78 is 14.5. The summed E-state index contributed by atoms with van der Waals surface area (Å²) in [5.41, 5.74) is -0.576. The zero-order chi connectivity index (χ0) is 17.3. The summed E-state index contributed by atoms with van der Waals surface area (Å²) in [6.07, 6.45) is 2.67. The molecule has 0 aliphatic carbocycles. The number of hydrogen-bond acceptors (Lipinski definition) is 5. The van der Waals surface area contributed by atoms with Crippen molar-refractivity contribution in [1.29, 1.82) is 0 Å². The summed E-state index contributed by atoms with van der Waals surface area (Å²) in [5, 5.41) is 14.4. The van der Waals surface area contributed by atoms with Crippen LogP contribution in [-0.4, -0.2) is 35.4 Å². The molecular weight excluding hydrogens is 313 g/mol. The van der Waals surface area contributed by atoms with Crippen LogP contribution >= 0.6 is 0 Å². The van der Waals surface area contributed by atoms with E-state index in [9.17, 15) is 14.3 Å². The fourth-order valence-electron chi connectivity index (χ4n) is 2.24. The molecule has 2 heterocycles. The second kappa shape index (κ2) is 5.97. The minimum absolute atomic E-state index is 0.130. The van der Waals surface area contributed by atoms with Crippen LogP contribution in [0.2, 0.25) is 0 Å². The number of benzene rings is 1. The summed E-state index contributed by atoms with van der Waals surface area (Å²) in [5.74, 6) is 0.252. The number of aliphatic hydroxyl groups is 1. The van der Waals surface area contributed by atoms with E-state index in [0.29, 0.717) is 11.4 Å². The lowest BCUT2D eigenvalue weighted by Crippen LogP contribution is -2.27. The number of rotatable bonds is 4. The number of aromatic nitrogens is 5. The van der Waals surface area contributed by atoms with Crippen molar-refractivity contribution in [2.45, 2.75) is 26.0 Å². The molecule has 0 aliphatic rings. The first-order chi connectivity index (χ1) is 11.3. The molecule has 1 aromatic carbocycles. The van der Waals surface area contributed by atoms with E-state index in [1.54, 1.807) is 26.0 Å². The van der Waals surface area contributed by atoms with Gasteiger partial charge in [-0.25, -0.2) is 19.0 Å². The molecule has 3 rings (SSSR count). The van der Waals surface area contributed by atoms with Crippen LogP contribution in [-0.2, 0) is 6.54 Å². The molecule has 0 spiro atoms. The normalized spacial score (nSPS) is 11.7. The number of nitrogens with one attached hydrogen (secondary N) is 1. The first-order valence-corrected chi connectivity index (χ1v) is 7.30. The predicted octanol–water partition coefficient (Wildman–Crippen LogP) is 1.61. The van der Waals surface area contributed by atoms with E-state index in [4.69, 9.17) is 0 Å². The van der Waals surface area contributed by atoms with Crippen LogP contribution in [0.25, 0.3) is 22.8 Å². The molecule has 0 bridgehead atoms. The van der Waals surface area contributed by atoms with E-state index in [-0.39, 0.29) is 29.3 Å². The van der Waals surface area contributed by atoms with Crippen LogP contribution < -0.4 is 5.56 Å². The van der Waals surface area contributed by atoms with E-state index in [2.05, 4.69) is 20.1 Å². The Kier molecular flexibility index (Phi) is 3.98. The fraction of sp³-hybridized carbons (Fsp3) is 0.250. The quantitative estimate of drug-likeness (QED) is 0.758. The number of hydrogen-bond donors (Lipinski definition) is 2. The maximum Gasteiger partial charge on any atom is 0.261 e. The highest BCUT2D eigenvalue weighted by Crippen LogP contribution is 2.22. The average Bonchev–Trinajstić information content (AvgIpc) is 2.90. The summed E-state index contributed by atoms with van der Waals surface area (Å²) in [6, 6.07) is 5.72. The first kappa shape index (κ1) is 16.0. The molecule has 0 radical (unpaired) electrons. The molecule has 7 nitrogen and oxygen atoms in total. The zero-order valence-corrected chi connectivity index (χ0v) is 13.2. The topological polar surface area (TPSA) is 96.7 Å². The van der Waals surface area contributed by atoms with Gasteiger partial charge in [-0.05, 0) is 38.1 Å². The summed E-state index contributed by atoms with van der Waals surface area (Å²) >= 11 is 0. The highest BCUT2D eigenvalue weighted by molar-refractivity contribution is 5.60. The minimum atomic E-state index is -1.06. The SMILES string of the molecule is CC(C)(O)Cn1nc(-c2ccc(F)cc2)nc1-c1cnc[nH]c1=O. The molecule has 0 saturated heterocycles. The highest BCUT2D eigenvalue weighted by atomic mass is 19.1. The third-order valence-electron chi connectivity index (χ3n) is 3.27. The summed E-state index contributed by atoms with van der Waals surface area (Å²) in [7, 11) is 0. The standard InChI is InChI=1S/C16H16FN5O2/c1-16(2,24)8-22-14(12-7-18-9-19-15(12)23)20-13(21-22)10-3-5-11(17)6-4-10/h3-7,9,24H,8H2,1-2H3,(H,18,19,23). The van der Waals surface area contributed by atoms with Gasteiger partial charge in [0.15, 0.2) is 11.6 Å². The Labute approximate surface area is 136 Å². The van der Waals surface area contributed by atoms with Crippen LogP contribution in [0.4, 0.5) is 4.39 Å². The van der Waals surface area contributed by atoms with E-state index in [0.717, 1.165) is 0 Å². The third-order valence-corrected chi connectivity index (χ3v) is 3.27. The fourth-order valence-corrected chi connectivity index (χ4v) is 2.24. The monoisotopic (exact) mass is 329 g/mol. The van der Waals surface area contributed by atoms with Crippen molar-refractivity contribution in [3.8, 4) is 22.8 Å². The Balaban J connectivity index is 2.14. The molecule has 0 unspecified atom stereocenters. The number of nitrogens with zero attached hydrogens (tertiary/aromatic N) is 4. The van der Waals surface area contributed by atoms with Gasteiger partial charge in [0.25, 0.3) is 5.56 Å². The Bertz CT molecular complexity index is 909. The Hall–Kier alpha value is -2.87. The average molecular weight is 329 g/mol. The Morgan fingerprint density at radius 1 is 1.29 bits per heavy atom. The highest BCUT2D eigenvalue weighted by Gasteiger charge is 2.21. The van der Waals surface area contributed by atoms with Gasteiger partial charge in [-0.3, -0.25) is 4.79 Å². The van der Waals surface area contributed by atoms with Crippen LogP contribution in [0.1, 0.15) is 13.8 Å². The lowest BCUT2D eigenvalue weighted by atomic mass is 10.1. The van der Waals surface area contributed by atoms with Gasteiger partial charge in [0, 0.05) is 11.8 Å². The third kappa shape index (κ3) is 3.38. The maximum absolute atomic E-state index is 13.1. The van der Waals surface area contributed by atoms with Crippen LogP contribution in [0.5, 0.6) is 0 Å². The van der Waals surface area contributed by atoms with Crippen molar-refractivity contribution >= 4 is 0 Å². The molecule has 0 atom stereocenters. The Morgan fingerprint density at radius 2 is 2.00 bits per heavy atom. The lowest BCUT2D eigenvalue weighted by Gasteiger charge is -2.17. The van der Waals surface area contributed by atoms with Gasteiger partial charge in [-0.15, -0.1) is 0 Å². The molecule has 0 saturated carbocycles. The van der Waals surface area contributed by atoms with Gasteiger partial charge in [0.1, 0.15) is 11.4 Å². The lowest BCUT2D eigenvalue weighted by molar-refractivity contribution is 0.0582. The largest absolute Gasteiger partial charge is 0.389 e. The molecule has 3 aromatic rings. The number of aromatic amines is 1. The summed E-state index contributed by atoms with van der Waals surface area (Å²) in [6.45, 7) is 3.39. The second-order valence-corrected chi connectivity index (χ2v) is 6.03. The van der Waals surface area contributed by atoms with Gasteiger partial charge < -0.3 is 10.1 Å².